The Bertz CT molecular complexity index is 673. The van der Waals surface area contributed by atoms with Crippen molar-refractivity contribution in [2.75, 3.05) is 6.54 Å². The average molecular weight is 288 g/mol. The highest BCUT2D eigenvalue weighted by Crippen LogP contribution is 2.22. The minimum absolute atomic E-state index is 0.140. The lowest BCUT2D eigenvalue weighted by Gasteiger charge is -2.02. The van der Waals surface area contributed by atoms with Crippen molar-refractivity contribution >= 4 is 22.8 Å². The number of aromatic nitrogens is 1. The number of amides is 1. The van der Waals surface area contributed by atoms with Crippen LogP contribution in [0.2, 0.25) is 0 Å². The Labute approximate surface area is 123 Å². The first-order valence-electron chi connectivity index (χ1n) is 7.08. The minimum Gasteiger partial charge on any atom is -0.481 e. The molecule has 3 N–H and O–H groups in total. The normalized spacial score (nSPS) is 10.8. The zero-order valence-electron chi connectivity index (χ0n) is 12.3. The number of hydrogen-bond donors (Lipinski definition) is 3. The Morgan fingerprint density at radius 3 is 2.71 bits per heavy atom. The molecule has 0 spiro atoms. The van der Waals surface area contributed by atoms with Gasteiger partial charge in [0.15, 0.2) is 0 Å². The molecule has 1 amide bonds. The van der Waals surface area contributed by atoms with Crippen LogP contribution in [0.15, 0.2) is 18.2 Å². The second kappa shape index (κ2) is 6.43. The molecule has 1 heterocycles. The minimum atomic E-state index is -0.803. The molecule has 0 aliphatic rings. The number of carbonyl (C=O) groups is 2. The van der Waals surface area contributed by atoms with Gasteiger partial charge in [-0.3, -0.25) is 9.59 Å². The van der Waals surface area contributed by atoms with Gasteiger partial charge in [-0.2, -0.15) is 0 Å². The van der Waals surface area contributed by atoms with E-state index in [-0.39, 0.29) is 12.3 Å². The van der Waals surface area contributed by atoms with E-state index in [4.69, 9.17) is 5.11 Å². The second-order valence-corrected chi connectivity index (χ2v) is 5.26. The van der Waals surface area contributed by atoms with Crippen LogP contribution in [0.25, 0.3) is 10.9 Å². The molecule has 5 heteroatoms. The van der Waals surface area contributed by atoms with E-state index in [2.05, 4.69) is 10.3 Å². The van der Waals surface area contributed by atoms with Crippen LogP contribution in [0.5, 0.6) is 0 Å². The lowest BCUT2D eigenvalue weighted by Crippen LogP contribution is -2.24. The Hall–Kier alpha value is -2.30. The lowest BCUT2D eigenvalue weighted by atomic mass is 10.1. The summed E-state index contributed by atoms with van der Waals surface area (Å²) in [5, 5.41) is 12.4. The highest BCUT2D eigenvalue weighted by Gasteiger charge is 2.11. The first kappa shape index (κ1) is 15.1. The number of benzene rings is 1. The van der Waals surface area contributed by atoms with Crippen molar-refractivity contribution in [1.29, 1.82) is 0 Å². The number of aliphatic carboxylic acids is 1. The smallest absolute Gasteiger partial charge is 0.303 e. The van der Waals surface area contributed by atoms with Gasteiger partial charge < -0.3 is 15.4 Å². The van der Waals surface area contributed by atoms with Gasteiger partial charge in [0.25, 0.3) is 5.91 Å². The molecule has 0 unspecified atom stereocenters. The second-order valence-electron chi connectivity index (χ2n) is 5.26. The monoisotopic (exact) mass is 288 g/mol. The van der Waals surface area contributed by atoms with Gasteiger partial charge in [0.05, 0.1) is 0 Å². The van der Waals surface area contributed by atoms with Crippen molar-refractivity contribution in [1.82, 2.24) is 10.3 Å². The molecular formula is C16H20N2O3. The van der Waals surface area contributed by atoms with Crippen LogP contribution < -0.4 is 5.32 Å². The predicted octanol–water partition coefficient (Wildman–Crippen LogP) is 2.77. The highest BCUT2D eigenvalue weighted by atomic mass is 16.4. The van der Waals surface area contributed by atoms with Crippen LogP contribution in [0, 0.1) is 13.8 Å². The zero-order chi connectivity index (χ0) is 15.4. The number of aromatic amines is 1. The molecule has 0 aliphatic carbocycles. The highest BCUT2D eigenvalue weighted by molar-refractivity contribution is 5.99. The molecular weight excluding hydrogens is 268 g/mol. The van der Waals surface area contributed by atoms with Crippen LogP contribution in [-0.4, -0.2) is 28.5 Å². The number of aryl methyl sites for hydroxylation is 2. The SMILES string of the molecule is Cc1ccc2[nH]c(C(=O)NCCCCC(=O)O)cc2c1C. The fraction of sp³-hybridized carbons (Fsp3) is 0.375. The number of nitrogens with one attached hydrogen (secondary N) is 2. The summed E-state index contributed by atoms with van der Waals surface area (Å²) >= 11 is 0. The summed E-state index contributed by atoms with van der Waals surface area (Å²) in [5.41, 5.74) is 3.86. The fourth-order valence-electron chi connectivity index (χ4n) is 2.28. The van der Waals surface area contributed by atoms with Gasteiger partial charge in [-0.05, 0) is 49.9 Å². The van der Waals surface area contributed by atoms with Crippen molar-refractivity contribution in [2.24, 2.45) is 0 Å². The number of carboxylic acid groups (broad SMARTS) is 1. The summed E-state index contributed by atoms with van der Waals surface area (Å²) in [6, 6.07) is 5.87. The van der Waals surface area contributed by atoms with Crippen molar-refractivity contribution in [2.45, 2.75) is 33.1 Å². The van der Waals surface area contributed by atoms with E-state index in [1.54, 1.807) is 0 Å². The van der Waals surface area contributed by atoms with E-state index in [1.807, 2.05) is 32.0 Å². The number of carbonyl (C=O) groups excluding carboxylic acids is 1. The summed E-state index contributed by atoms with van der Waals surface area (Å²) in [7, 11) is 0. The Morgan fingerprint density at radius 1 is 1.24 bits per heavy atom. The Morgan fingerprint density at radius 2 is 2.00 bits per heavy atom. The number of hydrogen-bond acceptors (Lipinski definition) is 2. The summed E-state index contributed by atoms with van der Waals surface area (Å²) in [5.74, 6) is -0.957. The fourth-order valence-corrected chi connectivity index (χ4v) is 2.28. The molecule has 2 rings (SSSR count). The van der Waals surface area contributed by atoms with E-state index >= 15 is 0 Å². The standard InChI is InChI=1S/C16H20N2O3/c1-10-6-7-13-12(11(10)2)9-14(18-13)16(21)17-8-4-3-5-15(19)20/h6-7,9,18H,3-5,8H2,1-2H3,(H,17,21)(H,19,20). The molecule has 0 saturated carbocycles. The van der Waals surface area contributed by atoms with Crippen LogP contribution >= 0.6 is 0 Å². The topological polar surface area (TPSA) is 82.2 Å². The van der Waals surface area contributed by atoms with E-state index in [9.17, 15) is 9.59 Å². The van der Waals surface area contributed by atoms with Gasteiger partial charge in [0.1, 0.15) is 5.69 Å². The van der Waals surface area contributed by atoms with Gasteiger partial charge in [-0.15, -0.1) is 0 Å². The molecule has 2 aromatic rings. The van der Waals surface area contributed by atoms with Gasteiger partial charge >= 0.3 is 5.97 Å². The number of carboxylic acids is 1. The first-order chi connectivity index (χ1) is 9.99. The number of rotatable bonds is 6. The molecule has 1 aromatic heterocycles. The maximum absolute atomic E-state index is 12.0. The third-order valence-electron chi connectivity index (χ3n) is 3.69. The van der Waals surface area contributed by atoms with Crippen LogP contribution in [0.3, 0.4) is 0 Å². The van der Waals surface area contributed by atoms with Crippen molar-refractivity contribution < 1.29 is 14.7 Å². The predicted molar refractivity (Wildman–Crippen MR) is 81.6 cm³/mol. The third kappa shape index (κ3) is 3.62. The lowest BCUT2D eigenvalue weighted by molar-refractivity contribution is -0.137. The molecule has 0 aliphatic heterocycles. The quantitative estimate of drug-likeness (QED) is 0.715. The third-order valence-corrected chi connectivity index (χ3v) is 3.69. The number of H-pyrrole nitrogens is 1. The first-order valence-corrected chi connectivity index (χ1v) is 7.08. The summed E-state index contributed by atoms with van der Waals surface area (Å²) in [6.07, 6.45) is 1.37. The number of unbranched alkanes of at least 4 members (excludes halogenated alkanes) is 1. The van der Waals surface area contributed by atoms with E-state index in [0.717, 1.165) is 10.9 Å². The molecule has 112 valence electrons. The average Bonchev–Trinajstić information content (AvgIpc) is 2.87. The molecule has 0 atom stereocenters. The molecule has 1 aromatic carbocycles. The molecule has 0 saturated heterocycles. The Balaban J connectivity index is 1.97. The van der Waals surface area contributed by atoms with Crippen LogP contribution in [-0.2, 0) is 4.79 Å². The van der Waals surface area contributed by atoms with Gasteiger partial charge in [-0.1, -0.05) is 6.07 Å². The van der Waals surface area contributed by atoms with E-state index in [1.165, 1.54) is 11.1 Å². The molecule has 5 nitrogen and oxygen atoms in total. The summed E-state index contributed by atoms with van der Waals surface area (Å²) in [4.78, 5) is 25.5. The van der Waals surface area contributed by atoms with Crippen LogP contribution in [0.4, 0.5) is 0 Å². The van der Waals surface area contributed by atoms with Gasteiger partial charge in [-0.25, -0.2) is 0 Å². The molecule has 0 radical (unpaired) electrons. The maximum Gasteiger partial charge on any atom is 0.303 e. The molecule has 0 bridgehead atoms. The van der Waals surface area contributed by atoms with Crippen molar-refractivity contribution in [3.8, 4) is 0 Å². The summed E-state index contributed by atoms with van der Waals surface area (Å²) < 4.78 is 0. The summed E-state index contributed by atoms with van der Waals surface area (Å²) in [6.45, 7) is 4.57. The Kier molecular flexibility index (Phi) is 4.62. The van der Waals surface area contributed by atoms with E-state index in [0.29, 0.717) is 25.1 Å². The molecule has 21 heavy (non-hydrogen) atoms. The van der Waals surface area contributed by atoms with Crippen LogP contribution in [0.1, 0.15) is 40.9 Å². The molecule has 0 fully saturated rings. The van der Waals surface area contributed by atoms with Gasteiger partial charge in [0, 0.05) is 23.9 Å². The van der Waals surface area contributed by atoms with E-state index < -0.39 is 5.97 Å². The zero-order valence-corrected chi connectivity index (χ0v) is 12.3. The van der Waals surface area contributed by atoms with Crippen molar-refractivity contribution in [3.63, 3.8) is 0 Å². The maximum atomic E-state index is 12.0. The van der Waals surface area contributed by atoms with Gasteiger partial charge in [0.2, 0.25) is 0 Å². The number of fused-ring (bicyclic) bond motifs is 1. The van der Waals surface area contributed by atoms with Crippen molar-refractivity contribution in [3.05, 3.63) is 35.0 Å². The largest absolute Gasteiger partial charge is 0.481 e.